The van der Waals surface area contributed by atoms with Gasteiger partial charge in [-0.25, -0.2) is 9.18 Å². The van der Waals surface area contributed by atoms with Crippen molar-refractivity contribution in [2.75, 3.05) is 4.72 Å². The number of hydrogen-bond acceptors (Lipinski definition) is 3. The maximum Gasteiger partial charge on any atom is 0.328 e. The third-order valence-electron chi connectivity index (χ3n) is 2.10. The van der Waals surface area contributed by atoms with Gasteiger partial charge in [0, 0.05) is 17.2 Å². The van der Waals surface area contributed by atoms with Crippen molar-refractivity contribution in [1.29, 1.82) is 0 Å². The molecule has 6 nitrogen and oxygen atoms in total. The molecule has 0 bridgehead atoms. The molecule has 0 aliphatic rings. The van der Waals surface area contributed by atoms with Crippen molar-refractivity contribution in [1.82, 2.24) is 4.72 Å². The summed E-state index contributed by atoms with van der Waals surface area (Å²) in [6.45, 7) is 5.02. The molecular formula is C13H17FN2O4S. The predicted molar refractivity (Wildman–Crippen MR) is 78.5 cm³/mol. The molecular weight excluding hydrogens is 299 g/mol. The Balaban J connectivity index is 2.92. The lowest BCUT2D eigenvalue weighted by molar-refractivity contribution is -0.131. The highest BCUT2D eigenvalue weighted by Crippen LogP contribution is 2.17. The Morgan fingerprint density at radius 1 is 1.33 bits per heavy atom. The number of hydrogen-bond donors (Lipinski definition) is 3. The summed E-state index contributed by atoms with van der Waals surface area (Å²) < 4.78 is 41.8. The molecule has 8 heteroatoms. The quantitative estimate of drug-likeness (QED) is 0.724. The Morgan fingerprint density at radius 3 is 2.43 bits per heavy atom. The lowest BCUT2D eigenvalue weighted by atomic mass is 10.1. The largest absolute Gasteiger partial charge is 0.478 e. The number of rotatable bonds is 5. The minimum atomic E-state index is -3.83. The molecule has 1 aromatic carbocycles. The summed E-state index contributed by atoms with van der Waals surface area (Å²) in [5.41, 5.74) is -0.588. The second-order valence-electron chi connectivity index (χ2n) is 5.37. The van der Waals surface area contributed by atoms with Gasteiger partial charge in [-0.05, 0) is 45.0 Å². The Bertz CT molecular complexity index is 663. The first-order valence-corrected chi connectivity index (χ1v) is 7.49. The molecule has 0 spiro atoms. The van der Waals surface area contributed by atoms with E-state index in [1.54, 1.807) is 20.8 Å². The molecule has 21 heavy (non-hydrogen) atoms. The van der Waals surface area contributed by atoms with Crippen LogP contribution in [-0.2, 0) is 15.0 Å². The van der Waals surface area contributed by atoms with Crippen LogP contribution < -0.4 is 9.44 Å². The van der Waals surface area contributed by atoms with Crippen LogP contribution in [0.4, 0.5) is 10.1 Å². The summed E-state index contributed by atoms with van der Waals surface area (Å²) in [7, 11) is -3.83. The molecule has 0 saturated carbocycles. The highest BCUT2D eigenvalue weighted by molar-refractivity contribution is 7.90. The van der Waals surface area contributed by atoms with Gasteiger partial charge in [0.2, 0.25) is 0 Å². The van der Waals surface area contributed by atoms with Gasteiger partial charge in [-0.1, -0.05) is 0 Å². The van der Waals surface area contributed by atoms with E-state index in [0.717, 1.165) is 18.2 Å². The predicted octanol–water partition coefficient (Wildman–Crippen LogP) is 1.97. The van der Waals surface area contributed by atoms with Crippen molar-refractivity contribution in [2.45, 2.75) is 26.3 Å². The van der Waals surface area contributed by atoms with E-state index in [1.165, 1.54) is 12.1 Å². The number of carbonyl (C=O) groups is 1. The van der Waals surface area contributed by atoms with E-state index in [1.807, 2.05) is 0 Å². The van der Waals surface area contributed by atoms with Crippen LogP contribution in [0.3, 0.4) is 0 Å². The number of nitrogens with one attached hydrogen (secondary N) is 2. The monoisotopic (exact) mass is 316 g/mol. The van der Waals surface area contributed by atoms with Gasteiger partial charge >= 0.3 is 5.97 Å². The van der Waals surface area contributed by atoms with Gasteiger partial charge < -0.3 is 5.11 Å². The van der Waals surface area contributed by atoms with Gasteiger partial charge in [-0.2, -0.15) is 13.1 Å². The second-order valence-corrected chi connectivity index (χ2v) is 6.78. The van der Waals surface area contributed by atoms with Crippen LogP contribution in [0.25, 0.3) is 6.08 Å². The van der Waals surface area contributed by atoms with Gasteiger partial charge in [-0.15, -0.1) is 0 Å². The zero-order valence-corrected chi connectivity index (χ0v) is 12.7. The van der Waals surface area contributed by atoms with E-state index in [2.05, 4.69) is 9.44 Å². The lowest BCUT2D eigenvalue weighted by Gasteiger charge is -2.20. The van der Waals surface area contributed by atoms with Crippen LogP contribution in [-0.4, -0.2) is 25.0 Å². The fourth-order valence-corrected chi connectivity index (χ4v) is 2.77. The van der Waals surface area contributed by atoms with Crippen LogP contribution in [0.1, 0.15) is 26.3 Å². The van der Waals surface area contributed by atoms with Crippen molar-refractivity contribution in [3.63, 3.8) is 0 Å². The number of benzene rings is 1. The first kappa shape index (κ1) is 17.1. The average Bonchev–Trinajstić information content (AvgIpc) is 2.23. The van der Waals surface area contributed by atoms with Gasteiger partial charge in [0.25, 0.3) is 10.2 Å². The SMILES string of the molecule is CC(C)(C)NS(=O)(=O)Nc1ccc(/C=C/C(=O)O)c(F)c1. The number of aliphatic carboxylic acids is 1. The van der Waals surface area contributed by atoms with Crippen molar-refractivity contribution >= 4 is 27.9 Å². The Labute approximate surface area is 122 Å². The Morgan fingerprint density at radius 2 is 1.95 bits per heavy atom. The second kappa shape index (κ2) is 6.23. The highest BCUT2D eigenvalue weighted by atomic mass is 32.2. The summed E-state index contributed by atoms with van der Waals surface area (Å²) in [6.07, 6.45) is 1.88. The molecule has 116 valence electrons. The van der Waals surface area contributed by atoms with Crippen molar-refractivity contribution in [3.05, 3.63) is 35.7 Å². The maximum atomic E-state index is 13.7. The number of carboxylic acids is 1. The average molecular weight is 316 g/mol. The molecule has 0 saturated heterocycles. The summed E-state index contributed by atoms with van der Waals surface area (Å²) in [4.78, 5) is 10.4. The van der Waals surface area contributed by atoms with Crippen molar-refractivity contribution in [3.8, 4) is 0 Å². The lowest BCUT2D eigenvalue weighted by Crippen LogP contribution is -2.43. The smallest absolute Gasteiger partial charge is 0.328 e. The van der Waals surface area contributed by atoms with Crippen molar-refractivity contribution in [2.24, 2.45) is 0 Å². The molecule has 0 fully saturated rings. The van der Waals surface area contributed by atoms with E-state index in [0.29, 0.717) is 0 Å². The molecule has 0 aliphatic carbocycles. The maximum absolute atomic E-state index is 13.7. The van der Waals surface area contributed by atoms with Crippen molar-refractivity contribution < 1.29 is 22.7 Å². The van der Waals surface area contributed by atoms with Crippen LogP contribution >= 0.6 is 0 Å². The Kier molecular flexibility index (Phi) is 5.08. The third kappa shape index (κ3) is 6.37. The summed E-state index contributed by atoms with van der Waals surface area (Å²) >= 11 is 0. The summed E-state index contributed by atoms with van der Waals surface area (Å²) in [5, 5.41) is 8.47. The molecule has 0 radical (unpaired) electrons. The van der Waals surface area contributed by atoms with Crippen LogP contribution in [0.2, 0.25) is 0 Å². The van der Waals surface area contributed by atoms with Crippen LogP contribution in [0.5, 0.6) is 0 Å². The molecule has 0 atom stereocenters. The minimum absolute atomic E-state index is 0.0386. The molecule has 0 unspecified atom stereocenters. The third-order valence-corrected chi connectivity index (χ3v) is 3.48. The first-order chi connectivity index (χ1) is 9.48. The molecule has 0 aliphatic heterocycles. The zero-order chi connectivity index (χ0) is 16.3. The van der Waals surface area contributed by atoms with E-state index in [9.17, 15) is 17.6 Å². The summed E-state index contributed by atoms with van der Waals surface area (Å²) in [5.74, 6) is -1.93. The van der Waals surface area contributed by atoms with E-state index in [4.69, 9.17) is 5.11 Å². The minimum Gasteiger partial charge on any atom is -0.478 e. The first-order valence-electron chi connectivity index (χ1n) is 6.01. The van der Waals surface area contributed by atoms with E-state index in [-0.39, 0.29) is 11.3 Å². The zero-order valence-electron chi connectivity index (χ0n) is 11.8. The molecule has 1 rings (SSSR count). The standard InChI is InChI=1S/C13H17FN2O4S/c1-13(2,3)16-21(19,20)15-10-6-4-9(11(14)8-10)5-7-12(17)18/h4-8,15-16H,1-3H3,(H,17,18)/b7-5+. The van der Waals surface area contributed by atoms with Crippen LogP contribution in [0, 0.1) is 5.82 Å². The normalized spacial score (nSPS) is 12.6. The fourth-order valence-electron chi connectivity index (χ4n) is 1.47. The van der Waals surface area contributed by atoms with Gasteiger partial charge in [0.1, 0.15) is 5.82 Å². The molecule has 0 aromatic heterocycles. The molecule has 1 aromatic rings. The van der Waals surface area contributed by atoms with E-state index < -0.39 is 27.5 Å². The Hall–Kier alpha value is -1.93. The fraction of sp³-hybridized carbons (Fsp3) is 0.308. The van der Waals surface area contributed by atoms with Gasteiger partial charge in [0.15, 0.2) is 0 Å². The van der Waals surface area contributed by atoms with Gasteiger partial charge in [0.05, 0.1) is 5.69 Å². The molecule has 0 heterocycles. The molecule has 0 amide bonds. The number of carboxylic acid groups (broad SMARTS) is 1. The summed E-state index contributed by atoms with van der Waals surface area (Å²) in [6, 6.07) is 3.60. The number of halogens is 1. The van der Waals surface area contributed by atoms with E-state index >= 15 is 0 Å². The number of anilines is 1. The topological polar surface area (TPSA) is 95.5 Å². The highest BCUT2D eigenvalue weighted by Gasteiger charge is 2.19. The van der Waals surface area contributed by atoms with Gasteiger partial charge in [-0.3, -0.25) is 4.72 Å². The molecule has 3 N–H and O–H groups in total. The van der Waals surface area contributed by atoms with Crippen LogP contribution in [0.15, 0.2) is 24.3 Å².